The van der Waals surface area contributed by atoms with Crippen molar-refractivity contribution < 1.29 is 4.79 Å². The van der Waals surface area contributed by atoms with Gasteiger partial charge in [-0.25, -0.2) is 14.0 Å². The average molecular weight is 330 g/mol. The van der Waals surface area contributed by atoms with Crippen LogP contribution in [0.5, 0.6) is 0 Å². The normalized spacial score (nSPS) is 12.4. The first-order valence-corrected chi connectivity index (χ1v) is 8.44. The lowest BCUT2D eigenvalue weighted by Crippen LogP contribution is -2.29. The summed E-state index contributed by atoms with van der Waals surface area (Å²) in [7, 11) is 1.64. The van der Waals surface area contributed by atoms with Gasteiger partial charge in [0.15, 0.2) is 0 Å². The number of hydrogen-bond donors (Lipinski definition) is 1. The van der Waals surface area contributed by atoms with Gasteiger partial charge in [0.2, 0.25) is 5.91 Å². The molecule has 0 saturated heterocycles. The molecular weight excluding hydrogens is 304 g/mol. The van der Waals surface area contributed by atoms with E-state index in [1.54, 1.807) is 22.6 Å². The van der Waals surface area contributed by atoms with Crippen molar-refractivity contribution in [2.45, 2.75) is 46.1 Å². The Morgan fingerprint density at radius 1 is 1.25 bits per heavy atom. The van der Waals surface area contributed by atoms with E-state index >= 15 is 0 Å². The zero-order valence-corrected chi connectivity index (χ0v) is 14.8. The van der Waals surface area contributed by atoms with Gasteiger partial charge in [0.05, 0.1) is 11.7 Å². The molecule has 0 spiro atoms. The largest absolute Gasteiger partial charge is 0.359 e. The molecule has 2 aromatic rings. The van der Waals surface area contributed by atoms with Crippen molar-refractivity contribution in [1.82, 2.24) is 19.7 Å². The van der Waals surface area contributed by atoms with Crippen LogP contribution in [0.3, 0.4) is 0 Å². The van der Waals surface area contributed by atoms with Crippen molar-refractivity contribution in [1.29, 1.82) is 0 Å². The summed E-state index contributed by atoms with van der Waals surface area (Å²) in [5.74, 6) is 0.374. The van der Waals surface area contributed by atoms with Crippen LogP contribution in [0, 0.1) is 5.92 Å². The van der Waals surface area contributed by atoms with Crippen LogP contribution in [0.25, 0.3) is 5.69 Å². The average Bonchev–Trinajstić information content (AvgIpc) is 2.95. The first-order valence-electron chi connectivity index (χ1n) is 8.44. The van der Waals surface area contributed by atoms with E-state index in [9.17, 15) is 9.59 Å². The van der Waals surface area contributed by atoms with Gasteiger partial charge in [-0.3, -0.25) is 4.79 Å². The van der Waals surface area contributed by atoms with Crippen LogP contribution in [0.1, 0.15) is 45.2 Å². The highest BCUT2D eigenvalue weighted by Crippen LogP contribution is 2.18. The van der Waals surface area contributed by atoms with E-state index in [1.807, 2.05) is 24.3 Å². The summed E-state index contributed by atoms with van der Waals surface area (Å²) in [5, 5.41) is 6.90. The van der Waals surface area contributed by atoms with E-state index in [2.05, 4.69) is 31.2 Å². The van der Waals surface area contributed by atoms with Gasteiger partial charge in [-0.15, -0.1) is 0 Å². The molecule has 0 unspecified atom stereocenters. The number of hydrogen-bond acceptors (Lipinski definition) is 3. The van der Waals surface area contributed by atoms with Crippen LogP contribution in [0.2, 0.25) is 0 Å². The third-order valence-corrected chi connectivity index (χ3v) is 4.33. The van der Waals surface area contributed by atoms with Gasteiger partial charge in [-0.2, -0.15) is 5.10 Å². The molecule has 0 aliphatic heterocycles. The van der Waals surface area contributed by atoms with Crippen molar-refractivity contribution in [3.05, 3.63) is 46.6 Å². The zero-order valence-electron chi connectivity index (χ0n) is 14.8. The Balaban J connectivity index is 2.19. The Morgan fingerprint density at radius 3 is 2.46 bits per heavy atom. The van der Waals surface area contributed by atoms with E-state index in [-0.39, 0.29) is 17.6 Å². The Kier molecular flexibility index (Phi) is 5.95. The van der Waals surface area contributed by atoms with Gasteiger partial charge in [-0.05, 0) is 36.5 Å². The fourth-order valence-electron chi connectivity index (χ4n) is 2.85. The number of nitrogens with zero attached hydrogens (tertiary/aromatic N) is 3. The van der Waals surface area contributed by atoms with Crippen molar-refractivity contribution in [3.8, 4) is 5.69 Å². The van der Waals surface area contributed by atoms with Crippen LogP contribution >= 0.6 is 0 Å². The summed E-state index contributed by atoms with van der Waals surface area (Å²) in [5.41, 5.74) is 1.73. The number of carbonyl (C=O) groups is 1. The van der Waals surface area contributed by atoms with Gasteiger partial charge >= 0.3 is 5.69 Å². The van der Waals surface area contributed by atoms with Gasteiger partial charge in [0, 0.05) is 13.5 Å². The monoisotopic (exact) mass is 330 g/mol. The lowest BCUT2D eigenvalue weighted by molar-refractivity contribution is -0.120. The molecule has 6 heteroatoms. The minimum atomic E-state index is -0.117. The highest BCUT2D eigenvalue weighted by Gasteiger charge is 2.18. The van der Waals surface area contributed by atoms with E-state index in [0.717, 1.165) is 17.7 Å². The fraction of sp³-hybridized carbons (Fsp3) is 0.500. The molecular formula is C18H26N4O2. The van der Waals surface area contributed by atoms with Crippen LogP contribution in [-0.2, 0) is 11.2 Å². The zero-order chi connectivity index (χ0) is 17.7. The third-order valence-electron chi connectivity index (χ3n) is 4.33. The molecule has 0 aliphatic rings. The van der Waals surface area contributed by atoms with Crippen molar-refractivity contribution in [2.24, 2.45) is 5.92 Å². The summed E-state index contributed by atoms with van der Waals surface area (Å²) in [6, 6.07) is 7.78. The number of aromatic nitrogens is 3. The Bertz CT molecular complexity index is 728. The standard InChI is InChI=1S/C18H26N4O2/c1-5-16(13(2)3)22-18(24)21(12-20-22)15-9-6-14(7-10-15)8-11-17(23)19-4/h6-7,9-10,12-13,16H,5,8,11H2,1-4H3,(H,19,23)/t16-/m0/s1. The molecule has 0 fully saturated rings. The summed E-state index contributed by atoms with van der Waals surface area (Å²) in [6.45, 7) is 6.26. The molecule has 0 bridgehead atoms. The molecule has 1 heterocycles. The number of carbonyl (C=O) groups excluding carboxylic acids is 1. The second-order valence-corrected chi connectivity index (χ2v) is 6.29. The summed E-state index contributed by atoms with van der Waals surface area (Å²) >= 11 is 0. The Morgan fingerprint density at radius 2 is 1.92 bits per heavy atom. The smallest absolute Gasteiger partial charge is 0.350 e. The summed E-state index contributed by atoms with van der Waals surface area (Å²) in [4.78, 5) is 23.9. The molecule has 1 aromatic carbocycles. The lowest BCUT2D eigenvalue weighted by atomic mass is 10.0. The summed E-state index contributed by atoms with van der Waals surface area (Å²) < 4.78 is 3.14. The minimum absolute atomic E-state index is 0.0239. The van der Waals surface area contributed by atoms with E-state index in [4.69, 9.17) is 0 Å². The molecule has 130 valence electrons. The molecule has 1 atom stereocenters. The molecule has 0 saturated carbocycles. The maximum Gasteiger partial charge on any atom is 0.350 e. The number of nitrogens with one attached hydrogen (secondary N) is 1. The third kappa shape index (κ3) is 3.93. The molecule has 0 aliphatic carbocycles. The second-order valence-electron chi connectivity index (χ2n) is 6.29. The van der Waals surface area contributed by atoms with Crippen molar-refractivity contribution in [2.75, 3.05) is 7.05 Å². The minimum Gasteiger partial charge on any atom is -0.359 e. The molecule has 24 heavy (non-hydrogen) atoms. The van der Waals surface area contributed by atoms with Crippen LogP contribution < -0.4 is 11.0 Å². The van der Waals surface area contributed by atoms with Crippen molar-refractivity contribution in [3.63, 3.8) is 0 Å². The van der Waals surface area contributed by atoms with Crippen molar-refractivity contribution >= 4 is 5.91 Å². The lowest BCUT2D eigenvalue weighted by Gasteiger charge is -2.17. The van der Waals surface area contributed by atoms with Gasteiger partial charge < -0.3 is 5.32 Å². The second kappa shape index (κ2) is 7.95. The van der Waals surface area contributed by atoms with E-state index in [1.165, 1.54) is 0 Å². The number of aryl methyl sites for hydroxylation is 1. The molecule has 1 aromatic heterocycles. The van der Waals surface area contributed by atoms with Gasteiger partial charge in [-0.1, -0.05) is 32.9 Å². The van der Waals surface area contributed by atoms with Gasteiger partial charge in [0.1, 0.15) is 6.33 Å². The Hall–Kier alpha value is -2.37. The first-order chi connectivity index (χ1) is 11.5. The number of amides is 1. The van der Waals surface area contributed by atoms with E-state index in [0.29, 0.717) is 18.8 Å². The maximum atomic E-state index is 12.6. The highest BCUT2D eigenvalue weighted by molar-refractivity contribution is 5.75. The number of rotatable bonds is 7. The van der Waals surface area contributed by atoms with E-state index < -0.39 is 0 Å². The molecule has 0 radical (unpaired) electrons. The fourth-order valence-corrected chi connectivity index (χ4v) is 2.85. The quantitative estimate of drug-likeness (QED) is 0.847. The predicted molar refractivity (Wildman–Crippen MR) is 94.4 cm³/mol. The van der Waals surface area contributed by atoms with Crippen LogP contribution in [0.15, 0.2) is 35.4 Å². The first kappa shape index (κ1) is 18.0. The SMILES string of the molecule is CC[C@@H](C(C)C)n1ncn(-c2ccc(CCC(=O)NC)cc2)c1=O. The molecule has 2 rings (SSSR count). The predicted octanol–water partition coefficient (Wildman–Crippen LogP) is 2.32. The maximum absolute atomic E-state index is 12.6. The highest BCUT2D eigenvalue weighted by atomic mass is 16.2. The van der Waals surface area contributed by atoms with Crippen LogP contribution in [0.4, 0.5) is 0 Å². The molecule has 1 N–H and O–H groups in total. The number of benzene rings is 1. The van der Waals surface area contributed by atoms with Gasteiger partial charge in [0.25, 0.3) is 0 Å². The molecule has 6 nitrogen and oxygen atoms in total. The van der Waals surface area contributed by atoms with Crippen LogP contribution in [-0.4, -0.2) is 27.3 Å². The summed E-state index contributed by atoms with van der Waals surface area (Å²) in [6.07, 6.45) is 3.58. The Labute approximate surface area is 142 Å². The molecule has 1 amide bonds. The topological polar surface area (TPSA) is 68.9 Å².